The van der Waals surface area contributed by atoms with Crippen molar-refractivity contribution in [3.05, 3.63) is 18.2 Å². The number of halogens is 3. The first-order chi connectivity index (χ1) is 6.95. The van der Waals surface area contributed by atoms with Crippen LogP contribution in [0.4, 0.5) is 13.2 Å². The number of imidazole rings is 1. The lowest BCUT2D eigenvalue weighted by atomic mass is 10.2. The smallest absolute Gasteiger partial charge is 0.383 e. The number of hydrogen-bond donors (Lipinski definition) is 1. The van der Waals surface area contributed by atoms with Gasteiger partial charge < -0.3 is 9.67 Å². The molecule has 0 spiro atoms. The number of aliphatic hydroxyl groups excluding tert-OH is 1. The van der Waals surface area contributed by atoms with Gasteiger partial charge in [-0.25, -0.2) is 4.98 Å². The van der Waals surface area contributed by atoms with E-state index in [0.717, 1.165) is 6.42 Å². The summed E-state index contributed by atoms with van der Waals surface area (Å²) in [5, 5.41) is 8.87. The first-order valence-electron chi connectivity index (χ1n) is 4.70. The van der Waals surface area contributed by atoms with Gasteiger partial charge in [-0.05, 0) is 6.42 Å². The lowest BCUT2D eigenvalue weighted by molar-refractivity contribution is -0.203. The highest BCUT2D eigenvalue weighted by Crippen LogP contribution is 2.22. The molecule has 3 nitrogen and oxygen atoms in total. The molecule has 1 rings (SSSR count). The van der Waals surface area contributed by atoms with Crippen molar-refractivity contribution < 1.29 is 18.3 Å². The molecule has 0 aliphatic carbocycles. The zero-order chi connectivity index (χ0) is 11.5. The van der Waals surface area contributed by atoms with Crippen molar-refractivity contribution in [1.82, 2.24) is 9.55 Å². The number of aliphatic hydroxyl groups is 1. The van der Waals surface area contributed by atoms with Gasteiger partial charge in [0.05, 0.1) is 0 Å². The molecule has 0 aliphatic heterocycles. The normalized spacial score (nSPS) is 14.2. The van der Waals surface area contributed by atoms with Crippen molar-refractivity contribution in [2.75, 3.05) is 0 Å². The molecule has 1 aromatic rings. The van der Waals surface area contributed by atoms with E-state index in [9.17, 15) is 13.2 Å². The maximum absolute atomic E-state index is 12.1. The zero-order valence-corrected chi connectivity index (χ0v) is 8.33. The predicted molar refractivity (Wildman–Crippen MR) is 48.3 cm³/mol. The SMILES string of the molecule is CCCn1ccnc1C[C@H](O)C(F)(F)F. The maximum Gasteiger partial charge on any atom is 0.414 e. The molecule has 0 bridgehead atoms. The standard InChI is InChI=1S/C9H13F3N2O/c1-2-4-14-5-3-13-8(14)6-7(15)9(10,11)12/h3,5,7,15H,2,4,6H2,1H3/t7-/m0/s1. The van der Waals surface area contributed by atoms with Gasteiger partial charge >= 0.3 is 6.18 Å². The summed E-state index contributed by atoms with van der Waals surface area (Å²) < 4.78 is 37.8. The number of aromatic nitrogens is 2. The third-order valence-electron chi connectivity index (χ3n) is 2.02. The summed E-state index contributed by atoms with van der Waals surface area (Å²) in [6.07, 6.45) is -3.54. The van der Waals surface area contributed by atoms with Crippen LogP contribution in [0.15, 0.2) is 12.4 Å². The fourth-order valence-corrected chi connectivity index (χ4v) is 1.26. The van der Waals surface area contributed by atoms with E-state index in [-0.39, 0.29) is 5.82 Å². The highest BCUT2D eigenvalue weighted by molar-refractivity contribution is 4.95. The number of rotatable bonds is 4. The minimum atomic E-state index is -4.58. The Morgan fingerprint density at radius 3 is 2.73 bits per heavy atom. The Hall–Kier alpha value is -1.04. The number of hydrogen-bond acceptors (Lipinski definition) is 2. The minimum Gasteiger partial charge on any atom is -0.383 e. The van der Waals surface area contributed by atoms with Gasteiger partial charge in [0.1, 0.15) is 5.82 Å². The van der Waals surface area contributed by atoms with Gasteiger partial charge in [-0.15, -0.1) is 0 Å². The highest BCUT2D eigenvalue weighted by atomic mass is 19.4. The van der Waals surface area contributed by atoms with E-state index in [0.29, 0.717) is 6.54 Å². The van der Waals surface area contributed by atoms with Gasteiger partial charge in [-0.2, -0.15) is 13.2 Å². The summed E-state index contributed by atoms with van der Waals surface area (Å²) in [6.45, 7) is 2.53. The third kappa shape index (κ3) is 3.23. The molecule has 0 radical (unpaired) electrons. The van der Waals surface area contributed by atoms with Crippen LogP contribution in [0.3, 0.4) is 0 Å². The Bertz CT molecular complexity index is 309. The molecule has 0 saturated heterocycles. The monoisotopic (exact) mass is 222 g/mol. The van der Waals surface area contributed by atoms with E-state index in [1.807, 2.05) is 6.92 Å². The fourth-order valence-electron chi connectivity index (χ4n) is 1.26. The minimum absolute atomic E-state index is 0.265. The number of nitrogens with zero attached hydrogens (tertiary/aromatic N) is 2. The van der Waals surface area contributed by atoms with E-state index in [2.05, 4.69) is 4.98 Å². The van der Waals surface area contributed by atoms with Gasteiger partial charge in [0.2, 0.25) is 0 Å². The topological polar surface area (TPSA) is 38.0 Å². The van der Waals surface area contributed by atoms with Crippen LogP contribution in [0.5, 0.6) is 0 Å². The van der Waals surface area contributed by atoms with E-state index in [1.165, 1.54) is 6.20 Å². The second kappa shape index (κ2) is 4.65. The van der Waals surface area contributed by atoms with E-state index in [4.69, 9.17) is 5.11 Å². The van der Waals surface area contributed by atoms with Crippen LogP contribution in [-0.4, -0.2) is 26.9 Å². The van der Waals surface area contributed by atoms with Crippen molar-refractivity contribution in [1.29, 1.82) is 0 Å². The molecule has 86 valence electrons. The summed E-state index contributed by atoms with van der Waals surface area (Å²) in [5.74, 6) is 0.265. The average Bonchev–Trinajstić information content (AvgIpc) is 2.52. The molecule has 6 heteroatoms. The second-order valence-electron chi connectivity index (χ2n) is 3.30. The van der Waals surface area contributed by atoms with Crippen LogP contribution in [0, 0.1) is 0 Å². The lowest BCUT2D eigenvalue weighted by Gasteiger charge is -2.14. The Labute approximate surface area is 85.6 Å². The third-order valence-corrected chi connectivity index (χ3v) is 2.02. The van der Waals surface area contributed by atoms with Crippen LogP contribution >= 0.6 is 0 Å². The fraction of sp³-hybridized carbons (Fsp3) is 0.667. The van der Waals surface area contributed by atoms with Gasteiger partial charge in [-0.3, -0.25) is 0 Å². The van der Waals surface area contributed by atoms with Crippen molar-refractivity contribution in [3.63, 3.8) is 0 Å². The lowest BCUT2D eigenvalue weighted by Crippen LogP contribution is -2.31. The molecular weight excluding hydrogens is 209 g/mol. The predicted octanol–water partition coefficient (Wildman–Crippen LogP) is 1.76. The molecular formula is C9H13F3N2O. The molecule has 1 heterocycles. The van der Waals surface area contributed by atoms with Crippen molar-refractivity contribution >= 4 is 0 Å². The molecule has 1 atom stereocenters. The summed E-state index contributed by atoms with van der Waals surface area (Å²) >= 11 is 0. The summed E-state index contributed by atoms with van der Waals surface area (Å²) in [4.78, 5) is 3.79. The van der Waals surface area contributed by atoms with Crippen molar-refractivity contribution in [2.24, 2.45) is 0 Å². The zero-order valence-electron chi connectivity index (χ0n) is 8.33. The molecule has 1 aromatic heterocycles. The summed E-state index contributed by atoms with van der Waals surface area (Å²) in [5.41, 5.74) is 0. The maximum atomic E-state index is 12.1. The first-order valence-corrected chi connectivity index (χ1v) is 4.70. The first kappa shape index (κ1) is 12.0. The Morgan fingerprint density at radius 1 is 1.53 bits per heavy atom. The molecule has 0 saturated carbocycles. The largest absolute Gasteiger partial charge is 0.414 e. The Balaban J connectivity index is 2.68. The van der Waals surface area contributed by atoms with E-state index in [1.54, 1.807) is 10.8 Å². The average molecular weight is 222 g/mol. The van der Waals surface area contributed by atoms with E-state index >= 15 is 0 Å². The number of aryl methyl sites for hydroxylation is 1. The summed E-state index contributed by atoms with van der Waals surface area (Å²) in [6, 6.07) is 0. The molecule has 0 aromatic carbocycles. The molecule has 15 heavy (non-hydrogen) atoms. The van der Waals surface area contributed by atoms with Crippen molar-refractivity contribution in [2.45, 2.75) is 38.6 Å². The van der Waals surface area contributed by atoms with Crippen LogP contribution in [0.2, 0.25) is 0 Å². The van der Waals surface area contributed by atoms with Crippen LogP contribution in [0.1, 0.15) is 19.2 Å². The number of alkyl halides is 3. The highest BCUT2D eigenvalue weighted by Gasteiger charge is 2.38. The van der Waals surface area contributed by atoms with E-state index < -0.39 is 18.7 Å². The Kier molecular flexibility index (Phi) is 3.73. The van der Waals surface area contributed by atoms with Crippen LogP contribution in [-0.2, 0) is 13.0 Å². The second-order valence-corrected chi connectivity index (χ2v) is 3.30. The van der Waals surface area contributed by atoms with Crippen molar-refractivity contribution in [3.8, 4) is 0 Å². The van der Waals surface area contributed by atoms with Crippen LogP contribution in [0.25, 0.3) is 0 Å². The van der Waals surface area contributed by atoms with Gasteiger partial charge in [0.15, 0.2) is 6.10 Å². The quantitative estimate of drug-likeness (QED) is 0.842. The Morgan fingerprint density at radius 2 is 2.20 bits per heavy atom. The van der Waals surface area contributed by atoms with Crippen LogP contribution < -0.4 is 0 Å². The van der Waals surface area contributed by atoms with Gasteiger partial charge in [0, 0.05) is 25.4 Å². The molecule has 1 N–H and O–H groups in total. The van der Waals surface area contributed by atoms with Gasteiger partial charge in [0.25, 0.3) is 0 Å². The molecule has 0 aliphatic rings. The molecule has 0 fully saturated rings. The molecule has 0 amide bonds. The molecule has 0 unspecified atom stereocenters. The van der Waals surface area contributed by atoms with Gasteiger partial charge in [-0.1, -0.05) is 6.92 Å². The summed E-state index contributed by atoms with van der Waals surface area (Å²) in [7, 11) is 0.